The van der Waals surface area contributed by atoms with Gasteiger partial charge >= 0.3 is 11.9 Å². The molecule has 48 heavy (non-hydrogen) atoms. The number of carbonyl (C=O) groups is 2. The van der Waals surface area contributed by atoms with E-state index in [0.717, 1.165) is 64.2 Å². The third-order valence-electron chi connectivity index (χ3n) is 7.67. The van der Waals surface area contributed by atoms with Gasteiger partial charge in [0.2, 0.25) is 0 Å². The second-order valence-electron chi connectivity index (χ2n) is 12.3. The van der Waals surface area contributed by atoms with Crippen molar-refractivity contribution in [2.75, 3.05) is 13.2 Å². The van der Waals surface area contributed by atoms with Crippen LogP contribution in [0.1, 0.15) is 155 Å². The Morgan fingerprint density at radius 1 is 0.479 bits per heavy atom. The lowest BCUT2D eigenvalue weighted by Crippen LogP contribution is -2.28. The standard InChI is InChI=1S/C43H70O5/c1-3-5-7-9-11-13-15-17-19-20-21-22-24-26-28-30-32-34-36-38-43(46)48-41(39-44)40-47-42(45)37-35-33-31-29-27-25-23-18-16-14-12-10-8-6-4-2/h11-14,17-19,21-23,26,28,32,34,41,44H,3-10,15-16,20,24-25,27,29-31,33,35-40H2,1-2H3. The number of esters is 2. The van der Waals surface area contributed by atoms with E-state index in [0.29, 0.717) is 12.8 Å². The zero-order chi connectivity index (χ0) is 35.0. The molecule has 272 valence electrons. The summed E-state index contributed by atoms with van der Waals surface area (Å²) in [6.07, 6.45) is 52.2. The fourth-order valence-corrected chi connectivity index (χ4v) is 4.74. The molecule has 0 aliphatic carbocycles. The summed E-state index contributed by atoms with van der Waals surface area (Å²) in [5.41, 5.74) is 0. The van der Waals surface area contributed by atoms with E-state index >= 15 is 0 Å². The highest BCUT2D eigenvalue weighted by Gasteiger charge is 2.15. The molecule has 0 heterocycles. The van der Waals surface area contributed by atoms with E-state index in [1.807, 2.05) is 12.2 Å². The fourth-order valence-electron chi connectivity index (χ4n) is 4.74. The maximum Gasteiger partial charge on any atom is 0.306 e. The first-order chi connectivity index (χ1) is 23.6. The zero-order valence-corrected chi connectivity index (χ0v) is 30.7. The van der Waals surface area contributed by atoms with Crippen LogP contribution in [-0.4, -0.2) is 36.4 Å². The Morgan fingerprint density at radius 2 is 0.875 bits per heavy atom. The summed E-state index contributed by atoms with van der Waals surface area (Å²) >= 11 is 0. The van der Waals surface area contributed by atoms with Gasteiger partial charge in [0.05, 0.1) is 6.61 Å². The Balaban J connectivity index is 3.76. The van der Waals surface area contributed by atoms with E-state index < -0.39 is 12.1 Å². The molecule has 0 rings (SSSR count). The molecular formula is C43H70O5. The highest BCUT2D eigenvalue weighted by Crippen LogP contribution is 2.10. The van der Waals surface area contributed by atoms with Crippen LogP contribution < -0.4 is 0 Å². The van der Waals surface area contributed by atoms with Crippen LogP contribution in [0, 0.1) is 0 Å². The summed E-state index contributed by atoms with van der Waals surface area (Å²) in [5.74, 6) is -0.712. The molecule has 0 spiro atoms. The fraction of sp³-hybridized carbons (Fsp3) is 0.628. The number of aliphatic hydroxyl groups is 1. The van der Waals surface area contributed by atoms with Crippen LogP contribution in [-0.2, 0) is 19.1 Å². The first-order valence-electron chi connectivity index (χ1n) is 19.1. The van der Waals surface area contributed by atoms with Crippen molar-refractivity contribution in [3.63, 3.8) is 0 Å². The smallest absolute Gasteiger partial charge is 0.306 e. The Hall–Kier alpha value is -2.92. The van der Waals surface area contributed by atoms with Gasteiger partial charge in [0.25, 0.3) is 0 Å². The highest BCUT2D eigenvalue weighted by atomic mass is 16.6. The number of carbonyl (C=O) groups excluding carboxylic acids is 2. The van der Waals surface area contributed by atoms with Gasteiger partial charge in [-0.25, -0.2) is 0 Å². The maximum absolute atomic E-state index is 12.1. The number of unbranched alkanes of at least 4 members (excludes halogenated alkanes) is 11. The number of allylic oxidation sites excluding steroid dienone is 14. The number of ether oxygens (including phenoxy) is 2. The predicted octanol–water partition coefficient (Wildman–Crippen LogP) is 11.9. The minimum Gasteiger partial charge on any atom is -0.462 e. The average Bonchev–Trinajstić information content (AvgIpc) is 3.09. The van der Waals surface area contributed by atoms with E-state index in [4.69, 9.17) is 9.47 Å². The Labute approximate surface area is 295 Å². The first kappa shape index (κ1) is 45.1. The quantitative estimate of drug-likeness (QED) is 0.0429. The molecule has 0 aromatic carbocycles. The molecule has 0 amide bonds. The summed E-state index contributed by atoms with van der Waals surface area (Å²) in [5, 5.41) is 9.53. The normalized spacial score (nSPS) is 13.1. The summed E-state index contributed by atoms with van der Waals surface area (Å²) in [6, 6.07) is 0. The molecule has 5 nitrogen and oxygen atoms in total. The van der Waals surface area contributed by atoms with Gasteiger partial charge in [-0.2, -0.15) is 0 Å². The van der Waals surface area contributed by atoms with Crippen LogP contribution in [0.25, 0.3) is 0 Å². The van der Waals surface area contributed by atoms with Crippen molar-refractivity contribution in [2.24, 2.45) is 0 Å². The lowest BCUT2D eigenvalue weighted by Gasteiger charge is -2.15. The van der Waals surface area contributed by atoms with Crippen molar-refractivity contribution in [1.82, 2.24) is 0 Å². The summed E-state index contributed by atoms with van der Waals surface area (Å²) in [4.78, 5) is 24.2. The van der Waals surface area contributed by atoms with E-state index in [1.54, 1.807) is 0 Å². The van der Waals surface area contributed by atoms with E-state index in [2.05, 4.69) is 86.8 Å². The monoisotopic (exact) mass is 667 g/mol. The van der Waals surface area contributed by atoms with Gasteiger partial charge in [0.1, 0.15) is 6.61 Å². The highest BCUT2D eigenvalue weighted by molar-refractivity contribution is 5.70. The van der Waals surface area contributed by atoms with Crippen LogP contribution in [0.15, 0.2) is 85.1 Å². The van der Waals surface area contributed by atoms with Crippen LogP contribution in [0.3, 0.4) is 0 Å². The largest absolute Gasteiger partial charge is 0.462 e. The minimum absolute atomic E-state index is 0.108. The molecule has 5 heteroatoms. The van der Waals surface area contributed by atoms with Crippen molar-refractivity contribution in [3.05, 3.63) is 85.1 Å². The van der Waals surface area contributed by atoms with Crippen molar-refractivity contribution in [1.29, 1.82) is 0 Å². The van der Waals surface area contributed by atoms with E-state index in [-0.39, 0.29) is 25.6 Å². The van der Waals surface area contributed by atoms with Gasteiger partial charge in [-0.15, -0.1) is 0 Å². The molecule has 1 N–H and O–H groups in total. The second-order valence-corrected chi connectivity index (χ2v) is 12.3. The van der Waals surface area contributed by atoms with Gasteiger partial charge in [-0.05, 0) is 83.5 Å². The Bertz CT molecular complexity index is 937. The molecule has 1 unspecified atom stereocenters. The summed E-state index contributed by atoms with van der Waals surface area (Å²) < 4.78 is 10.5. The van der Waals surface area contributed by atoms with Crippen LogP contribution in [0.5, 0.6) is 0 Å². The molecule has 0 aromatic heterocycles. The zero-order valence-electron chi connectivity index (χ0n) is 30.7. The molecule has 0 aliphatic heterocycles. The molecular weight excluding hydrogens is 596 g/mol. The lowest BCUT2D eigenvalue weighted by molar-refractivity contribution is -0.161. The maximum atomic E-state index is 12.1. The number of hydrogen-bond donors (Lipinski definition) is 1. The van der Waals surface area contributed by atoms with Gasteiger partial charge in [-0.1, -0.05) is 144 Å². The van der Waals surface area contributed by atoms with Crippen molar-refractivity contribution >= 4 is 11.9 Å². The topological polar surface area (TPSA) is 72.8 Å². The predicted molar refractivity (Wildman–Crippen MR) is 205 cm³/mol. The summed E-state index contributed by atoms with van der Waals surface area (Å²) in [7, 11) is 0. The molecule has 0 aliphatic rings. The number of hydrogen-bond acceptors (Lipinski definition) is 5. The summed E-state index contributed by atoms with van der Waals surface area (Å²) in [6.45, 7) is 3.99. The number of aliphatic hydroxyl groups excluding tert-OH is 1. The molecule has 0 radical (unpaired) electrons. The van der Waals surface area contributed by atoms with E-state index in [1.165, 1.54) is 57.8 Å². The molecule has 0 saturated heterocycles. The molecule has 0 aromatic rings. The number of rotatable bonds is 33. The molecule has 0 bridgehead atoms. The first-order valence-corrected chi connectivity index (χ1v) is 19.1. The third kappa shape index (κ3) is 35.9. The van der Waals surface area contributed by atoms with Crippen LogP contribution in [0.2, 0.25) is 0 Å². The Kier molecular flexibility index (Phi) is 36.2. The Morgan fingerprint density at radius 3 is 1.33 bits per heavy atom. The molecule has 0 saturated carbocycles. The van der Waals surface area contributed by atoms with Gasteiger partial charge in [0.15, 0.2) is 6.10 Å². The van der Waals surface area contributed by atoms with Crippen LogP contribution >= 0.6 is 0 Å². The van der Waals surface area contributed by atoms with Crippen molar-refractivity contribution < 1.29 is 24.2 Å². The van der Waals surface area contributed by atoms with Gasteiger partial charge < -0.3 is 14.6 Å². The van der Waals surface area contributed by atoms with E-state index in [9.17, 15) is 14.7 Å². The third-order valence-corrected chi connectivity index (χ3v) is 7.67. The minimum atomic E-state index is -0.821. The second kappa shape index (κ2) is 38.5. The van der Waals surface area contributed by atoms with Gasteiger partial charge in [0, 0.05) is 12.8 Å². The molecule has 1 atom stereocenters. The van der Waals surface area contributed by atoms with Crippen molar-refractivity contribution in [3.8, 4) is 0 Å². The van der Waals surface area contributed by atoms with Crippen molar-refractivity contribution in [2.45, 2.75) is 161 Å². The molecule has 0 fully saturated rings. The SMILES string of the molecule is CCCCCC=CCC=CCC=CCC=CCC=CCCC(=O)OC(CO)COC(=O)CCCCCCCC=CCC=CCCCCC. The average molecular weight is 667 g/mol. The lowest BCUT2D eigenvalue weighted by atomic mass is 10.1. The van der Waals surface area contributed by atoms with Crippen LogP contribution in [0.4, 0.5) is 0 Å². The van der Waals surface area contributed by atoms with Gasteiger partial charge in [-0.3, -0.25) is 9.59 Å².